The second-order valence-corrected chi connectivity index (χ2v) is 10.6. The van der Waals surface area contributed by atoms with Crippen molar-refractivity contribution in [1.29, 1.82) is 0 Å². The molecule has 0 unspecified atom stereocenters. The smallest absolute Gasteiger partial charge is 0.284 e. The maximum atomic E-state index is 6.08. The first-order valence-corrected chi connectivity index (χ1v) is 13.5. The molecule has 0 aliphatic carbocycles. The zero-order valence-electron chi connectivity index (χ0n) is 22.7. The monoisotopic (exact) mass is 522 g/mol. The molecule has 194 valence electrons. The molecule has 0 spiro atoms. The Morgan fingerprint density at radius 2 is 1.68 bits per heavy atom. The van der Waals surface area contributed by atoms with Crippen LogP contribution in [-0.4, -0.2) is 34.4 Å². The van der Waals surface area contributed by atoms with Crippen LogP contribution in [0.15, 0.2) is 102 Å². The van der Waals surface area contributed by atoms with Gasteiger partial charge < -0.3 is 14.2 Å². The lowest BCUT2D eigenvalue weighted by atomic mass is 10.00. The molecule has 0 N–H and O–H groups in total. The summed E-state index contributed by atoms with van der Waals surface area (Å²) in [5.74, 6) is 1.26. The van der Waals surface area contributed by atoms with E-state index in [1.165, 1.54) is 22.5 Å². The minimum atomic E-state index is 0.847. The number of hydrogen-bond donors (Lipinski definition) is 0. The van der Waals surface area contributed by atoms with Gasteiger partial charge in [-0.05, 0) is 48.0 Å². The number of benzene rings is 3. The fraction of sp³-hybridized carbons (Fsp3) is 0.118. The molecule has 40 heavy (non-hydrogen) atoms. The van der Waals surface area contributed by atoms with E-state index >= 15 is 0 Å². The lowest BCUT2D eigenvalue weighted by Crippen LogP contribution is -2.24. The van der Waals surface area contributed by atoms with E-state index < -0.39 is 0 Å². The van der Waals surface area contributed by atoms with Crippen molar-refractivity contribution in [2.45, 2.75) is 6.42 Å². The summed E-state index contributed by atoms with van der Waals surface area (Å²) in [5, 5.41) is 1.05. The molecule has 6 heteroatoms. The summed E-state index contributed by atoms with van der Waals surface area (Å²) >= 11 is 0. The lowest BCUT2D eigenvalue weighted by Gasteiger charge is -2.38. The van der Waals surface area contributed by atoms with Crippen molar-refractivity contribution in [3.05, 3.63) is 103 Å². The summed E-state index contributed by atoms with van der Waals surface area (Å²) in [5.41, 5.74) is 12.2. The van der Waals surface area contributed by atoms with Crippen LogP contribution in [0.2, 0.25) is 0 Å². The van der Waals surface area contributed by atoms with Crippen LogP contribution in [0.3, 0.4) is 0 Å². The van der Waals surface area contributed by atoms with E-state index in [2.05, 4.69) is 118 Å². The van der Waals surface area contributed by atoms with Crippen molar-refractivity contribution < 1.29 is 8.99 Å². The number of anilines is 5. The van der Waals surface area contributed by atoms with E-state index in [1.807, 2.05) is 30.7 Å². The third kappa shape index (κ3) is 3.22. The zero-order valence-corrected chi connectivity index (χ0v) is 22.7. The first-order valence-electron chi connectivity index (χ1n) is 13.5. The van der Waals surface area contributed by atoms with Gasteiger partial charge in [0, 0.05) is 47.9 Å². The number of furan rings is 1. The molecule has 6 aromatic rings. The van der Waals surface area contributed by atoms with Gasteiger partial charge in [-0.2, -0.15) is 0 Å². The number of aromatic nitrogens is 2. The average Bonchev–Trinajstić information content (AvgIpc) is 3.68. The summed E-state index contributed by atoms with van der Waals surface area (Å²) in [6.07, 6.45) is 9.10. The Morgan fingerprint density at radius 3 is 2.52 bits per heavy atom. The average molecular weight is 523 g/mol. The van der Waals surface area contributed by atoms with E-state index in [0.29, 0.717) is 0 Å². The Kier molecular flexibility index (Phi) is 4.83. The molecule has 3 aromatic heterocycles. The highest BCUT2D eigenvalue weighted by Crippen LogP contribution is 2.53. The van der Waals surface area contributed by atoms with Gasteiger partial charge in [0.05, 0.1) is 60.5 Å². The molecule has 8 rings (SSSR count). The van der Waals surface area contributed by atoms with Gasteiger partial charge in [0.25, 0.3) is 5.82 Å². The summed E-state index contributed by atoms with van der Waals surface area (Å²) in [4.78, 5) is 9.23. The Balaban J connectivity index is 1.34. The second-order valence-electron chi connectivity index (χ2n) is 10.6. The van der Waals surface area contributed by atoms with Crippen LogP contribution in [0.4, 0.5) is 34.3 Å². The van der Waals surface area contributed by atoms with Crippen molar-refractivity contribution in [3.8, 4) is 22.4 Å². The minimum Gasteiger partial charge on any atom is -0.464 e. The molecule has 2 aliphatic rings. The Labute approximate surface area is 232 Å². The van der Waals surface area contributed by atoms with Gasteiger partial charge in [0.1, 0.15) is 11.8 Å². The van der Waals surface area contributed by atoms with Crippen LogP contribution in [0.5, 0.6) is 0 Å². The van der Waals surface area contributed by atoms with Crippen molar-refractivity contribution in [3.63, 3.8) is 0 Å². The molecule has 0 fully saturated rings. The van der Waals surface area contributed by atoms with Crippen LogP contribution in [0.25, 0.3) is 33.4 Å². The fourth-order valence-electron chi connectivity index (χ4n) is 6.40. The summed E-state index contributed by atoms with van der Waals surface area (Å²) in [6, 6.07) is 27.9. The van der Waals surface area contributed by atoms with Crippen molar-refractivity contribution in [2.24, 2.45) is 7.05 Å². The van der Waals surface area contributed by atoms with Crippen molar-refractivity contribution in [1.82, 2.24) is 9.55 Å². The van der Waals surface area contributed by atoms with Crippen LogP contribution in [0.1, 0.15) is 5.56 Å². The van der Waals surface area contributed by atoms with E-state index in [1.54, 1.807) is 0 Å². The molecule has 5 heterocycles. The maximum Gasteiger partial charge on any atom is 0.284 e. The molecule has 3 aromatic carbocycles. The second kappa shape index (κ2) is 8.45. The maximum absolute atomic E-state index is 6.08. The SMILES string of the molecule is CN1c2ccccc2N(c2cccc(-c3cn(C)c4c3CC=[N+]4C)c2)c2cc3c(-c4ccccn4)coc3cc21. The number of pyridine rings is 1. The topological polar surface area (TPSA) is 40.5 Å². The molecule has 0 saturated heterocycles. The fourth-order valence-corrected chi connectivity index (χ4v) is 6.40. The van der Waals surface area contributed by atoms with Crippen molar-refractivity contribution in [2.75, 3.05) is 23.9 Å². The van der Waals surface area contributed by atoms with Crippen LogP contribution in [-0.2, 0) is 13.5 Å². The molecule has 0 radical (unpaired) electrons. The van der Waals surface area contributed by atoms with Gasteiger partial charge in [-0.1, -0.05) is 30.3 Å². The number of nitrogens with zero attached hydrogens (tertiary/aromatic N) is 5. The quantitative estimate of drug-likeness (QED) is 0.221. The number of hydrogen-bond acceptors (Lipinski definition) is 4. The Hall–Kier alpha value is -5.10. The molecule has 0 amide bonds. The van der Waals surface area contributed by atoms with Gasteiger partial charge in [-0.15, -0.1) is 0 Å². The van der Waals surface area contributed by atoms with Crippen LogP contribution in [0, 0.1) is 0 Å². The first-order chi connectivity index (χ1) is 19.6. The molecule has 2 aliphatic heterocycles. The minimum absolute atomic E-state index is 0.847. The standard InChI is InChI=1S/C34H28N5O/c1-36-16-14-24-26(20-37(2)34(24)36)22-9-8-10-23(17-22)39-30-13-5-4-12-29(30)38(3)31-19-33-25(18-32(31)39)27(21-40-33)28-11-6-7-15-35-28/h4-13,15-21H,14H2,1-3H3/q+1. The summed E-state index contributed by atoms with van der Waals surface area (Å²) < 4.78 is 10.5. The van der Waals surface area contributed by atoms with E-state index in [9.17, 15) is 0 Å². The first kappa shape index (κ1) is 22.8. The number of aryl methyl sites for hydroxylation is 1. The molecular weight excluding hydrogens is 494 g/mol. The molecule has 0 bridgehead atoms. The van der Waals surface area contributed by atoms with Crippen LogP contribution < -0.4 is 9.80 Å². The molecule has 0 atom stereocenters. The predicted octanol–water partition coefficient (Wildman–Crippen LogP) is 7.95. The van der Waals surface area contributed by atoms with Gasteiger partial charge in [-0.3, -0.25) is 4.98 Å². The molecular formula is C34H28N5O+. The highest BCUT2D eigenvalue weighted by molar-refractivity contribution is 6.05. The number of para-hydroxylation sites is 2. The third-order valence-electron chi connectivity index (χ3n) is 8.27. The third-order valence-corrected chi connectivity index (χ3v) is 8.27. The lowest BCUT2D eigenvalue weighted by molar-refractivity contribution is -0.403. The van der Waals surface area contributed by atoms with Crippen molar-refractivity contribution >= 4 is 51.4 Å². The predicted molar refractivity (Wildman–Crippen MR) is 162 cm³/mol. The zero-order chi connectivity index (χ0) is 27.0. The van der Waals surface area contributed by atoms with Gasteiger partial charge in [-0.25, -0.2) is 9.14 Å². The van der Waals surface area contributed by atoms with E-state index in [0.717, 1.165) is 57.1 Å². The van der Waals surface area contributed by atoms with Gasteiger partial charge in [0.2, 0.25) is 0 Å². The normalized spacial score (nSPS) is 13.8. The number of fused-ring (bicyclic) bond motifs is 4. The number of rotatable bonds is 3. The van der Waals surface area contributed by atoms with Crippen LogP contribution >= 0.6 is 0 Å². The highest BCUT2D eigenvalue weighted by Gasteiger charge is 2.31. The summed E-state index contributed by atoms with van der Waals surface area (Å²) in [7, 11) is 6.38. The molecule has 6 nitrogen and oxygen atoms in total. The van der Waals surface area contributed by atoms with Gasteiger partial charge >= 0.3 is 0 Å². The highest BCUT2D eigenvalue weighted by atomic mass is 16.3. The van der Waals surface area contributed by atoms with Gasteiger partial charge in [0.15, 0.2) is 0 Å². The largest absolute Gasteiger partial charge is 0.464 e. The van der Waals surface area contributed by atoms with E-state index in [-0.39, 0.29) is 0 Å². The Morgan fingerprint density at radius 1 is 0.825 bits per heavy atom. The Bertz CT molecular complexity index is 1980. The van der Waals surface area contributed by atoms with E-state index in [4.69, 9.17) is 4.42 Å². The summed E-state index contributed by atoms with van der Waals surface area (Å²) in [6.45, 7) is 0. The molecule has 0 saturated carbocycles.